The lowest BCUT2D eigenvalue weighted by Crippen LogP contribution is -2.68. The first-order chi connectivity index (χ1) is 11.1. The van der Waals surface area contributed by atoms with Gasteiger partial charge in [0, 0.05) is 6.92 Å². The monoisotopic (exact) mass is 355 g/mol. The van der Waals surface area contributed by atoms with Crippen molar-refractivity contribution in [3.63, 3.8) is 0 Å². The highest BCUT2D eigenvalue weighted by molar-refractivity contribution is 5.73. The molecule has 11 nitrogen and oxygen atoms in total. The Balaban J connectivity index is 3.02. The summed E-state index contributed by atoms with van der Waals surface area (Å²) in [5.74, 6) is -0.625. The number of carbonyl (C=O) groups excluding carboxylic acids is 1. The van der Waals surface area contributed by atoms with Crippen molar-refractivity contribution in [2.24, 2.45) is 0 Å². The Morgan fingerprint density at radius 2 is 1.67 bits per heavy atom. The fourth-order valence-electron chi connectivity index (χ4n) is 2.57. The first kappa shape index (κ1) is 21.2. The molecule has 0 aromatic rings. The van der Waals surface area contributed by atoms with Crippen molar-refractivity contribution in [3.8, 4) is 0 Å². The van der Waals surface area contributed by atoms with E-state index in [0.717, 1.165) is 6.92 Å². The molecule has 0 radical (unpaired) electrons. The number of nitrogens with one attached hydrogen (secondary N) is 1. The van der Waals surface area contributed by atoms with Crippen LogP contribution in [0.5, 0.6) is 0 Å². The molecule has 1 aliphatic rings. The van der Waals surface area contributed by atoms with Gasteiger partial charge >= 0.3 is 0 Å². The third-order valence-corrected chi connectivity index (χ3v) is 3.95. The van der Waals surface area contributed by atoms with E-state index >= 15 is 0 Å². The molecule has 1 saturated heterocycles. The Kier molecular flexibility index (Phi) is 7.92. The molecule has 0 aliphatic carbocycles. The van der Waals surface area contributed by atoms with Crippen LogP contribution in [0, 0.1) is 0 Å². The van der Waals surface area contributed by atoms with Gasteiger partial charge in [0.2, 0.25) is 5.91 Å². The maximum absolute atomic E-state index is 11.3. The summed E-state index contributed by atoms with van der Waals surface area (Å²) in [5.41, 5.74) is 0. The summed E-state index contributed by atoms with van der Waals surface area (Å²) in [7, 11) is 0. The van der Waals surface area contributed by atoms with Gasteiger partial charge in [-0.3, -0.25) is 4.79 Å². The summed E-state index contributed by atoms with van der Waals surface area (Å²) in [6, 6.07) is -1.36. The van der Waals surface area contributed by atoms with Crippen LogP contribution in [0.3, 0.4) is 0 Å². The fourth-order valence-corrected chi connectivity index (χ4v) is 2.57. The molecule has 9 atom stereocenters. The molecule has 1 heterocycles. The lowest BCUT2D eigenvalue weighted by atomic mass is 9.86. The SMILES string of the molecule is CC(=O)N[C@H]1C(C(O)[C@H](O)[C@H](O)[C@H](O)CO)O[C@H](CO)[C@@H](O)[C@@H]1O. The van der Waals surface area contributed by atoms with E-state index in [1.807, 2.05) is 0 Å². The largest absolute Gasteiger partial charge is 0.394 e. The third kappa shape index (κ3) is 4.59. The number of hydrogen-bond donors (Lipinski definition) is 9. The number of hydrogen-bond acceptors (Lipinski definition) is 10. The van der Waals surface area contributed by atoms with Gasteiger partial charge in [0.15, 0.2) is 0 Å². The van der Waals surface area contributed by atoms with Crippen LogP contribution in [0.4, 0.5) is 0 Å². The highest BCUT2D eigenvalue weighted by Crippen LogP contribution is 2.25. The van der Waals surface area contributed by atoms with Crippen LogP contribution in [-0.2, 0) is 9.53 Å². The van der Waals surface area contributed by atoms with Gasteiger partial charge in [0.25, 0.3) is 0 Å². The van der Waals surface area contributed by atoms with Crippen LogP contribution < -0.4 is 5.32 Å². The predicted octanol–water partition coefficient (Wildman–Crippen LogP) is -5.59. The molecule has 0 aromatic carbocycles. The van der Waals surface area contributed by atoms with E-state index in [2.05, 4.69) is 5.32 Å². The molecule has 9 N–H and O–H groups in total. The average Bonchev–Trinajstić information content (AvgIpc) is 2.56. The molecule has 2 unspecified atom stereocenters. The van der Waals surface area contributed by atoms with Gasteiger partial charge in [-0.25, -0.2) is 0 Å². The first-order valence-electron chi connectivity index (χ1n) is 7.38. The lowest BCUT2D eigenvalue weighted by molar-refractivity contribution is -0.235. The van der Waals surface area contributed by atoms with Gasteiger partial charge in [-0.1, -0.05) is 0 Å². The highest BCUT2D eigenvalue weighted by Gasteiger charge is 2.49. The van der Waals surface area contributed by atoms with E-state index in [0.29, 0.717) is 0 Å². The maximum atomic E-state index is 11.3. The normalized spacial score (nSPS) is 35.8. The third-order valence-electron chi connectivity index (χ3n) is 3.95. The lowest BCUT2D eigenvalue weighted by Gasteiger charge is -2.45. The second-order valence-electron chi connectivity index (χ2n) is 5.75. The molecule has 142 valence electrons. The van der Waals surface area contributed by atoms with Gasteiger partial charge in [-0.15, -0.1) is 0 Å². The summed E-state index contributed by atoms with van der Waals surface area (Å²) < 4.78 is 5.24. The second-order valence-corrected chi connectivity index (χ2v) is 5.75. The zero-order valence-corrected chi connectivity index (χ0v) is 13.0. The molecule has 1 rings (SSSR count). The van der Waals surface area contributed by atoms with E-state index in [9.17, 15) is 40.5 Å². The first-order valence-corrected chi connectivity index (χ1v) is 7.38. The van der Waals surface area contributed by atoms with Crippen LogP contribution in [0.25, 0.3) is 0 Å². The number of carbonyl (C=O) groups is 1. The van der Waals surface area contributed by atoms with E-state index in [1.54, 1.807) is 0 Å². The molecule has 24 heavy (non-hydrogen) atoms. The van der Waals surface area contributed by atoms with Gasteiger partial charge < -0.3 is 50.9 Å². The molecule has 1 aliphatic heterocycles. The van der Waals surface area contributed by atoms with Crippen LogP contribution in [0.1, 0.15) is 6.92 Å². The summed E-state index contributed by atoms with van der Waals surface area (Å²) in [4.78, 5) is 11.3. The molecule has 0 spiro atoms. The van der Waals surface area contributed by atoms with Gasteiger partial charge in [-0.05, 0) is 0 Å². The minimum absolute atomic E-state index is 0.625. The molecular formula is C13H25NO10. The van der Waals surface area contributed by atoms with Crippen LogP contribution >= 0.6 is 0 Å². The Hall–Kier alpha value is -0.890. The predicted molar refractivity (Wildman–Crippen MR) is 76.5 cm³/mol. The standard InChI is InChI=1S/C13H25NO10/c1-4(17)14-7-10(21)9(20)6(3-16)24-13(7)12(23)11(22)8(19)5(18)2-15/h5-13,15-16,18-23H,2-3H2,1H3,(H,14,17)/t5-,6-,7-,8-,9-,10-,11-,12?,13?/m1/s1. The van der Waals surface area contributed by atoms with Crippen LogP contribution in [-0.4, -0.2) is 115 Å². The Morgan fingerprint density at radius 1 is 1.08 bits per heavy atom. The highest BCUT2D eigenvalue weighted by atomic mass is 16.5. The van der Waals surface area contributed by atoms with Crippen molar-refractivity contribution >= 4 is 5.91 Å². The summed E-state index contributed by atoms with van der Waals surface area (Å²) in [6.07, 6.45) is -13.6. The van der Waals surface area contributed by atoms with E-state index in [1.165, 1.54) is 0 Å². The smallest absolute Gasteiger partial charge is 0.217 e. The van der Waals surface area contributed by atoms with Crippen molar-refractivity contribution < 1.29 is 50.4 Å². The molecule has 0 saturated carbocycles. The van der Waals surface area contributed by atoms with Crippen LogP contribution in [0.2, 0.25) is 0 Å². The van der Waals surface area contributed by atoms with Gasteiger partial charge in [0.1, 0.15) is 48.8 Å². The second kappa shape index (κ2) is 8.99. The molecule has 0 bridgehead atoms. The quantitative estimate of drug-likeness (QED) is 0.212. The molecule has 1 amide bonds. The Morgan fingerprint density at radius 3 is 2.12 bits per heavy atom. The Bertz CT molecular complexity index is 410. The topological polar surface area (TPSA) is 200 Å². The van der Waals surface area contributed by atoms with Crippen molar-refractivity contribution in [2.45, 2.75) is 61.8 Å². The van der Waals surface area contributed by atoms with Crippen molar-refractivity contribution in [1.29, 1.82) is 0 Å². The van der Waals surface area contributed by atoms with Crippen LogP contribution in [0.15, 0.2) is 0 Å². The van der Waals surface area contributed by atoms with Crippen molar-refractivity contribution in [3.05, 3.63) is 0 Å². The molecular weight excluding hydrogens is 330 g/mol. The molecule has 0 aromatic heterocycles. The minimum Gasteiger partial charge on any atom is -0.394 e. The van der Waals surface area contributed by atoms with E-state index in [4.69, 9.17) is 9.84 Å². The molecule has 11 heteroatoms. The van der Waals surface area contributed by atoms with Crippen molar-refractivity contribution in [1.82, 2.24) is 5.32 Å². The average molecular weight is 355 g/mol. The van der Waals surface area contributed by atoms with Gasteiger partial charge in [0.05, 0.1) is 19.3 Å². The number of aliphatic hydroxyl groups is 8. The number of aliphatic hydroxyl groups excluding tert-OH is 8. The van der Waals surface area contributed by atoms with Gasteiger partial charge in [-0.2, -0.15) is 0 Å². The maximum Gasteiger partial charge on any atom is 0.217 e. The van der Waals surface area contributed by atoms with E-state index in [-0.39, 0.29) is 0 Å². The zero-order chi connectivity index (χ0) is 18.6. The Labute approximate surface area is 137 Å². The summed E-state index contributed by atoms with van der Waals surface area (Å²) >= 11 is 0. The number of ether oxygens (including phenoxy) is 1. The number of amides is 1. The zero-order valence-electron chi connectivity index (χ0n) is 13.0. The summed E-state index contributed by atoms with van der Waals surface area (Å²) in [6.45, 7) is -0.486. The van der Waals surface area contributed by atoms with Crippen molar-refractivity contribution in [2.75, 3.05) is 13.2 Å². The summed E-state index contributed by atoms with van der Waals surface area (Å²) in [5, 5.41) is 79.3. The minimum atomic E-state index is -2.00. The fraction of sp³-hybridized carbons (Fsp3) is 0.923. The van der Waals surface area contributed by atoms with E-state index < -0.39 is 74.0 Å². The number of rotatable bonds is 7. The molecule has 1 fully saturated rings.